The van der Waals surface area contributed by atoms with Crippen LogP contribution in [-0.2, 0) is 14.3 Å². The van der Waals surface area contributed by atoms with Crippen LogP contribution in [0.1, 0.15) is 168 Å². The van der Waals surface area contributed by atoms with Gasteiger partial charge in [0.15, 0.2) is 0 Å². The number of esters is 1. The van der Waals surface area contributed by atoms with Crippen LogP contribution in [0.3, 0.4) is 0 Å². The molecule has 0 radical (unpaired) electrons. The number of aliphatic hydroxyl groups is 1. The second-order valence-electron chi connectivity index (χ2n) is 15.1. The van der Waals surface area contributed by atoms with Crippen molar-refractivity contribution in [2.45, 2.75) is 174 Å². The molecule has 0 aromatic rings. The number of hydrogen-bond acceptors (Lipinski definition) is 4. The first-order valence-electron chi connectivity index (χ1n) is 24.1. The fraction of sp³-hybridized carbons (Fsp3) is 0.526. The lowest BCUT2D eigenvalue weighted by Crippen LogP contribution is -2.27. The summed E-state index contributed by atoms with van der Waals surface area (Å²) in [6.45, 7) is 5.00. The van der Waals surface area contributed by atoms with E-state index in [1.165, 1.54) is 32.1 Å². The van der Waals surface area contributed by atoms with Crippen LogP contribution in [0.5, 0.6) is 0 Å². The highest BCUT2D eigenvalue weighted by Crippen LogP contribution is 2.10. The number of carbonyl (C=O) groups is 1. The molecular formula is C57H88O4. The molecule has 0 aromatic carbocycles. The molecule has 61 heavy (non-hydrogen) atoms. The summed E-state index contributed by atoms with van der Waals surface area (Å²) in [5, 5.41) is 9.63. The largest absolute Gasteiger partial charge is 0.457 e. The molecule has 0 aliphatic carbocycles. The van der Waals surface area contributed by atoms with Crippen molar-refractivity contribution in [3.05, 3.63) is 158 Å². The van der Waals surface area contributed by atoms with E-state index in [2.05, 4.69) is 172 Å². The first-order valence-corrected chi connectivity index (χ1v) is 24.1. The Hall–Kier alpha value is -3.99. The Labute approximate surface area is 375 Å². The van der Waals surface area contributed by atoms with Gasteiger partial charge >= 0.3 is 5.97 Å². The topological polar surface area (TPSA) is 55.8 Å². The van der Waals surface area contributed by atoms with Crippen LogP contribution < -0.4 is 0 Å². The minimum atomic E-state index is -0.586. The van der Waals surface area contributed by atoms with Crippen molar-refractivity contribution in [1.29, 1.82) is 0 Å². The van der Waals surface area contributed by atoms with E-state index in [-0.39, 0.29) is 19.2 Å². The Morgan fingerprint density at radius 3 is 1.03 bits per heavy atom. The maximum absolute atomic E-state index is 12.2. The van der Waals surface area contributed by atoms with Gasteiger partial charge in [0.1, 0.15) is 6.10 Å². The Balaban J connectivity index is 3.64. The van der Waals surface area contributed by atoms with Gasteiger partial charge < -0.3 is 14.6 Å². The van der Waals surface area contributed by atoms with E-state index in [9.17, 15) is 9.90 Å². The number of unbranched alkanes of at least 4 members (excludes halogenated alkanes) is 8. The van der Waals surface area contributed by atoms with Crippen molar-refractivity contribution >= 4 is 5.97 Å². The maximum atomic E-state index is 12.2. The predicted molar refractivity (Wildman–Crippen MR) is 269 cm³/mol. The smallest absolute Gasteiger partial charge is 0.306 e. The first kappa shape index (κ1) is 57.0. The Morgan fingerprint density at radius 1 is 0.393 bits per heavy atom. The fourth-order valence-corrected chi connectivity index (χ4v) is 5.85. The highest BCUT2D eigenvalue weighted by molar-refractivity contribution is 5.69. The third-order valence-corrected chi connectivity index (χ3v) is 9.35. The molecule has 0 fully saturated rings. The molecule has 0 aliphatic heterocycles. The van der Waals surface area contributed by atoms with Crippen LogP contribution >= 0.6 is 0 Å². The molecule has 4 heteroatoms. The molecule has 4 nitrogen and oxygen atoms in total. The zero-order valence-electron chi connectivity index (χ0n) is 38.9. The zero-order valence-corrected chi connectivity index (χ0v) is 38.9. The Kier molecular flexibility index (Phi) is 48.7. The van der Waals surface area contributed by atoms with Crippen LogP contribution in [0.2, 0.25) is 0 Å². The number of ether oxygens (including phenoxy) is 2. The van der Waals surface area contributed by atoms with E-state index in [1.807, 2.05) is 0 Å². The lowest BCUT2D eigenvalue weighted by atomic mass is 10.1. The van der Waals surface area contributed by atoms with Gasteiger partial charge in [-0.2, -0.15) is 0 Å². The summed E-state index contributed by atoms with van der Waals surface area (Å²) in [5.41, 5.74) is 0. The van der Waals surface area contributed by atoms with Crippen LogP contribution in [0, 0.1) is 0 Å². The van der Waals surface area contributed by atoms with E-state index >= 15 is 0 Å². The number of carbonyl (C=O) groups excluding carboxylic acids is 1. The second kappa shape index (κ2) is 52.1. The van der Waals surface area contributed by atoms with E-state index in [0.29, 0.717) is 13.0 Å². The molecule has 0 aromatic heterocycles. The second-order valence-corrected chi connectivity index (χ2v) is 15.1. The molecule has 0 saturated heterocycles. The molecule has 0 bridgehead atoms. The van der Waals surface area contributed by atoms with Crippen LogP contribution in [0.25, 0.3) is 0 Å². The summed E-state index contributed by atoms with van der Waals surface area (Å²) in [6.07, 6.45) is 81.8. The van der Waals surface area contributed by atoms with Gasteiger partial charge in [-0.15, -0.1) is 0 Å². The van der Waals surface area contributed by atoms with Gasteiger partial charge in [-0.25, -0.2) is 0 Å². The van der Waals surface area contributed by atoms with Gasteiger partial charge in [-0.05, 0) is 116 Å². The molecule has 340 valence electrons. The van der Waals surface area contributed by atoms with E-state index in [0.717, 1.165) is 116 Å². The SMILES string of the molecule is CC/C=C\C/C=C\C/C=C\C/C=C\C/C=C\C/C=C\C/C=C\CCCC(=O)OC(CO)COCCCCCCCCC/C=C\C/C=C\C/C=C\C/C=C\C/C=C\C/C=C\CC. The third-order valence-electron chi connectivity index (χ3n) is 9.35. The van der Waals surface area contributed by atoms with Gasteiger partial charge in [0.2, 0.25) is 0 Å². The summed E-state index contributed by atoms with van der Waals surface area (Å²) in [4.78, 5) is 12.2. The summed E-state index contributed by atoms with van der Waals surface area (Å²) >= 11 is 0. The molecule has 0 heterocycles. The van der Waals surface area contributed by atoms with Crippen molar-refractivity contribution in [1.82, 2.24) is 0 Å². The van der Waals surface area contributed by atoms with Crippen molar-refractivity contribution < 1.29 is 19.4 Å². The van der Waals surface area contributed by atoms with E-state index in [1.54, 1.807) is 0 Å². The number of hydrogen-bond donors (Lipinski definition) is 1. The van der Waals surface area contributed by atoms with Crippen molar-refractivity contribution in [3.8, 4) is 0 Å². The third kappa shape index (κ3) is 50.3. The molecular weight excluding hydrogens is 749 g/mol. The summed E-state index contributed by atoms with van der Waals surface area (Å²) < 4.78 is 11.1. The quantitative estimate of drug-likeness (QED) is 0.0378. The average Bonchev–Trinajstić information content (AvgIpc) is 3.27. The monoisotopic (exact) mass is 837 g/mol. The number of rotatable bonds is 42. The number of aliphatic hydroxyl groups excluding tert-OH is 1. The fourth-order valence-electron chi connectivity index (χ4n) is 5.85. The summed E-state index contributed by atoms with van der Waals surface area (Å²) in [6, 6.07) is 0. The predicted octanol–water partition coefficient (Wildman–Crippen LogP) is 16.5. The van der Waals surface area contributed by atoms with Crippen LogP contribution in [0.4, 0.5) is 0 Å². The van der Waals surface area contributed by atoms with Crippen molar-refractivity contribution in [3.63, 3.8) is 0 Å². The van der Waals surface area contributed by atoms with Gasteiger partial charge in [-0.3, -0.25) is 4.79 Å². The van der Waals surface area contributed by atoms with Crippen LogP contribution in [-0.4, -0.2) is 37.0 Å². The molecule has 0 aliphatic rings. The number of allylic oxidation sites excluding steroid dienone is 26. The minimum Gasteiger partial charge on any atom is -0.457 e. The minimum absolute atomic E-state index is 0.212. The highest BCUT2D eigenvalue weighted by atomic mass is 16.6. The van der Waals surface area contributed by atoms with E-state index < -0.39 is 6.10 Å². The molecule has 0 rings (SSSR count). The van der Waals surface area contributed by atoms with Gasteiger partial charge in [0.05, 0.1) is 13.2 Å². The molecule has 0 saturated carbocycles. The van der Waals surface area contributed by atoms with Gasteiger partial charge in [0.25, 0.3) is 0 Å². The molecule has 1 atom stereocenters. The normalized spacial score (nSPS) is 13.8. The summed E-state index contributed by atoms with van der Waals surface area (Å²) in [5.74, 6) is -0.270. The van der Waals surface area contributed by atoms with Crippen molar-refractivity contribution in [2.75, 3.05) is 19.8 Å². The summed E-state index contributed by atoms with van der Waals surface area (Å²) in [7, 11) is 0. The molecule has 1 unspecified atom stereocenters. The molecule has 1 N–H and O–H groups in total. The lowest BCUT2D eigenvalue weighted by molar-refractivity contribution is -0.154. The highest BCUT2D eigenvalue weighted by Gasteiger charge is 2.13. The zero-order chi connectivity index (χ0) is 44.0. The van der Waals surface area contributed by atoms with E-state index in [4.69, 9.17) is 9.47 Å². The Morgan fingerprint density at radius 2 is 0.689 bits per heavy atom. The Bertz CT molecular complexity index is 1340. The van der Waals surface area contributed by atoms with Crippen molar-refractivity contribution in [2.24, 2.45) is 0 Å². The van der Waals surface area contributed by atoms with Crippen LogP contribution in [0.15, 0.2) is 158 Å². The standard InChI is InChI=1S/C57H88O4/c1-3-5-7-9-11-13-15-17-19-21-23-25-27-28-29-31-33-35-37-39-41-43-45-47-49-51-53-60-55-56(54-58)61-57(59)52-50-48-46-44-42-40-38-36-34-32-30-26-24-22-20-18-16-14-12-10-8-6-4-2/h5-8,11-14,17-20,23-26,28-29,32-35,38,40,44,46,56,58H,3-4,9-10,15-16,21-22,27,30-31,36-37,39,41-43,45,47-55H2,1-2H3/b7-5-,8-6-,13-11-,14-12-,19-17-,20-18-,25-23-,26-24-,29-28-,34-32-,35-33-,40-38-,46-44-. The molecule has 0 amide bonds. The molecule has 0 spiro atoms. The average molecular weight is 837 g/mol. The van der Waals surface area contributed by atoms with Gasteiger partial charge in [0, 0.05) is 13.0 Å². The maximum Gasteiger partial charge on any atom is 0.306 e. The first-order chi connectivity index (χ1) is 30.2. The lowest BCUT2D eigenvalue weighted by Gasteiger charge is -2.15. The van der Waals surface area contributed by atoms with Gasteiger partial charge in [-0.1, -0.05) is 204 Å².